The summed E-state index contributed by atoms with van der Waals surface area (Å²) < 4.78 is 5.06. The van der Waals surface area contributed by atoms with Crippen molar-refractivity contribution in [2.75, 3.05) is 6.61 Å². The number of esters is 1. The smallest absolute Gasteiger partial charge is 0.309 e. The standard InChI is InChI=1S/C14H24O2/c1-11(2)10-16-14(15)9-7-6-8-13(5)12(3)4/h6-7,11H,8-10H2,1-5H3/b7-6+. The predicted octanol–water partition coefficient (Wildman–Crippen LogP) is 3.88. The van der Waals surface area contributed by atoms with Gasteiger partial charge in [-0.2, -0.15) is 0 Å². The Morgan fingerprint density at radius 2 is 1.69 bits per heavy atom. The normalized spacial score (nSPS) is 10.9. The van der Waals surface area contributed by atoms with Crippen LogP contribution < -0.4 is 0 Å². The summed E-state index contributed by atoms with van der Waals surface area (Å²) in [6.45, 7) is 10.9. The van der Waals surface area contributed by atoms with E-state index >= 15 is 0 Å². The Hall–Kier alpha value is -1.05. The lowest BCUT2D eigenvalue weighted by molar-refractivity contribution is -0.143. The summed E-state index contributed by atoms with van der Waals surface area (Å²) in [6, 6.07) is 0. The van der Waals surface area contributed by atoms with E-state index in [4.69, 9.17) is 4.74 Å². The van der Waals surface area contributed by atoms with E-state index in [0.29, 0.717) is 18.9 Å². The average Bonchev–Trinajstić information content (AvgIpc) is 2.20. The largest absolute Gasteiger partial charge is 0.465 e. The van der Waals surface area contributed by atoms with Gasteiger partial charge in [-0.25, -0.2) is 0 Å². The molecule has 0 rings (SSSR count). The SMILES string of the molecule is CC(C)=C(C)C/C=C/CC(=O)OCC(C)C. The predicted molar refractivity (Wildman–Crippen MR) is 68.2 cm³/mol. The molecule has 16 heavy (non-hydrogen) atoms. The lowest BCUT2D eigenvalue weighted by Crippen LogP contribution is -2.08. The third-order valence-corrected chi connectivity index (χ3v) is 2.31. The molecule has 0 atom stereocenters. The van der Waals surface area contributed by atoms with Crippen molar-refractivity contribution >= 4 is 5.97 Å². The van der Waals surface area contributed by atoms with E-state index < -0.39 is 0 Å². The van der Waals surface area contributed by atoms with Crippen molar-refractivity contribution in [3.63, 3.8) is 0 Å². The van der Waals surface area contributed by atoms with Crippen molar-refractivity contribution in [1.82, 2.24) is 0 Å². The number of rotatable bonds is 6. The Kier molecular flexibility index (Phi) is 7.61. The van der Waals surface area contributed by atoms with Gasteiger partial charge in [-0.15, -0.1) is 0 Å². The highest BCUT2D eigenvalue weighted by atomic mass is 16.5. The molecule has 0 amide bonds. The van der Waals surface area contributed by atoms with Gasteiger partial charge >= 0.3 is 5.97 Å². The van der Waals surface area contributed by atoms with Crippen LogP contribution in [0.1, 0.15) is 47.5 Å². The summed E-state index contributed by atoms with van der Waals surface area (Å²) in [7, 11) is 0. The molecule has 2 nitrogen and oxygen atoms in total. The van der Waals surface area contributed by atoms with E-state index in [-0.39, 0.29) is 5.97 Å². The summed E-state index contributed by atoms with van der Waals surface area (Å²) in [5, 5.41) is 0. The average molecular weight is 224 g/mol. The molecule has 0 aliphatic rings. The van der Waals surface area contributed by atoms with Crippen LogP contribution in [0.2, 0.25) is 0 Å². The van der Waals surface area contributed by atoms with Gasteiger partial charge in [-0.1, -0.05) is 37.1 Å². The van der Waals surface area contributed by atoms with Crippen molar-refractivity contribution in [2.24, 2.45) is 5.92 Å². The van der Waals surface area contributed by atoms with Gasteiger partial charge in [-0.3, -0.25) is 4.79 Å². The number of allylic oxidation sites excluding steroid dienone is 3. The quantitative estimate of drug-likeness (QED) is 0.505. The number of carbonyl (C=O) groups excluding carboxylic acids is 1. The maximum Gasteiger partial charge on any atom is 0.309 e. The van der Waals surface area contributed by atoms with Gasteiger partial charge in [0.05, 0.1) is 13.0 Å². The summed E-state index contributed by atoms with van der Waals surface area (Å²) in [6.07, 6.45) is 5.20. The molecule has 0 aromatic carbocycles. The lowest BCUT2D eigenvalue weighted by atomic mass is 10.1. The molecule has 0 aliphatic carbocycles. The minimum absolute atomic E-state index is 0.139. The maximum absolute atomic E-state index is 11.2. The molecule has 0 saturated heterocycles. The fraction of sp³-hybridized carbons (Fsp3) is 0.643. The fourth-order valence-electron chi connectivity index (χ4n) is 0.962. The minimum Gasteiger partial charge on any atom is -0.465 e. The Balaban J connectivity index is 3.76. The van der Waals surface area contributed by atoms with Crippen molar-refractivity contribution < 1.29 is 9.53 Å². The maximum atomic E-state index is 11.2. The number of hydrogen-bond acceptors (Lipinski definition) is 2. The van der Waals surface area contributed by atoms with E-state index in [1.807, 2.05) is 26.0 Å². The lowest BCUT2D eigenvalue weighted by Gasteiger charge is -2.05. The van der Waals surface area contributed by atoms with Crippen LogP contribution in [0.3, 0.4) is 0 Å². The Bertz CT molecular complexity index is 268. The molecule has 92 valence electrons. The Labute approximate surface area is 99.4 Å². The molecule has 0 spiro atoms. The first kappa shape index (κ1) is 14.9. The molecule has 0 N–H and O–H groups in total. The van der Waals surface area contributed by atoms with Crippen LogP contribution in [0.4, 0.5) is 0 Å². The van der Waals surface area contributed by atoms with Crippen molar-refractivity contribution in [1.29, 1.82) is 0 Å². The van der Waals surface area contributed by atoms with Gasteiger partial charge in [0, 0.05) is 0 Å². The third-order valence-electron chi connectivity index (χ3n) is 2.31. The van der Waals surface area contributed by atoms with Gasteiger partial charge in [-0.05, 0) is 33.1 Å². The third kappa shape index (κ3) is 8.27. The molecule has 0 unspecified atom stereocenters. The van der Waals surface area contributed by atoms with E-state index in [2.05, 4.69) is 20.8 Å². The highest BCUT2D eigenvalue weighted by Crippen LogP contribution is 2.07. The summed E-state index contributed by atoms with van der Waals surface area (Å²) in [5.74, 6) is 0.264. The first-order valence-electron chi connectivity index (χ1n) is 5.87. The van der Waals surface area contributed by atoms with E-state index in [0.717, 1.165) is 6.42 Å². The molecule has 0 bridgehead atoms. The van der Waals surface area contributed by atoms with Gasteiger partial charge in [0.25, 0.3) is 0 Å². The second-order valence-corrected chi connectivity index (χ2v) is 4.74. The van der Waals surface area contributed by atoms with Crippen molar-refractivity contribution in [3.05, 3.63) is 23.3 Å². The monoisotopic (exact) mass is 224 g/mol. The van der Waals surface area contributed by atoms with Crippen LogP contribution in [-0.2, 0) is 9.53 Å². The molecule has 0 heterocycles. The van der Waals surface area contributed by atoms with E-state index in [1.165, 1.54) is 11.1 Å². The molecule has 2 heteroatoms. The topological polar surface area (TPSA) is 26.3 Å². The van der Waals surface area contributed by atoms with E-state index in [1.54, 1.807) is 0 Å². The van der Waals surface area contributed by atoms with E-state index in [9.17, 15) is 4.79 Å². The highest BCUT2D eigenvalue weighted by molar-refractivity contribution is 5.71. The summed E-state index contributed by atoms with van der Waals surface area (Å²) in [5.41, 5.74) is 2.69. The van der Waals surface area contributed by atoms with Crippen LogP contribution in [0.15, 0.2) is 23.3 Å². The zero-order valence-corrected chi connectivity index (χ0v) is 11.2. The highest BCUT2D eigenvalue weighted by Gasteiger charge is 2.01. The van der Waals surface area contributed by atoms with Crippen LogP contribution in [-0.4, -0.2) is 12.6 Å². The zero-order chi connectivity index (χ0) is 12.6. The van der Waals surface area contributed by atoms with Crippen molar-refractivity contribution in [3.8, 4) is 0 Å². The molecular weight excluding hydrogens is 200 g/mol. The Morgan fingerprint density at radius 3 is 2.19 bits per heavy atom. The van der Waals surface area contributed by atoms with Crippen LogP contribution in [0, 0.1) is 5.92 Å². The molecule has 0 saturated carbocycles. The van der Waals surface area contributed by atoms with Crippen LogP contribution in [0.25, 0.3) is 0 Å². The summed E-state index contributed by atoms with van der Waals surface area (Å²) in [4.78, 5) is 11.2. The first-order chi connectivity index (χ1) is 7.43. The molecular formula is C14H24O2. The zero-order valence-electron chi connectivity index (χ0n) is 11.2. The summed E-state index contributed by atoms with van der Waals surface area (Å²) >= 11 is 0. The number of ether oxygens (including phenoxy) is 1. The number of hydrogen-bond donors (Lipinski definition) is 0. The molecule has 0 fully saturated rings. The second-order valence-electron chi connectivity index (χ2n) is 4.74. The molecule has 0 radical (unpaired) electrons. The van der Waals surface area contributed by atoms with Gasteiger partial charge in [0.2, 0.25) is 0 Å². The number of carbonyl (C=O) groups is 1. The van der Waals surface area contributed by atoms with Gasteiger partial charge < -0.3 is 4.74 Å². The molecule has 0 aliphatic heterocycles. The van der Waals surface area contributed by atoms with Crippen LogP contribution >= 0.6 is 0 Å². The molecule has 0 aromatic heterocycles. The Morgan fingerprint density at radius 1 is 1.12 bits per heavy atom. The van der Waals surface area contributed by atoms with Gasteiger partial charge in [0.1, 0.15) is 0 Å². The van der Waals surface area contributed by atoms with Crippen LogP contribution in [0.5, 0.6) is 0 Å². The van der Waals surface area contributed by atoms with Gasteiger partial charge in [0.15, 0.2) is 0 Å². The fourth-order valence-corrected chi connectivity index (χ4v) is 0.962. The minimum atomic E-state index is -0.139. The van der Waals surface area contributed by atoms with Crippen molar-refractivity contribution in [2.45, 2.75) is 47.5 Å². The second kappa shape index (κ2) is 8.14. The first-order valence-corrected chi connectivity index (χ1v) is 5.87. The molecule has 0 aromatic rings.